The van der Waals surface area contributed by atoms with Crippen molar-refractivity contribution in [2.45, 2.75) is 6.10 Å². The van der Waals surface area contributed by atoms with Crippen molar-refractivity contribution in [2.75, 3.05) is 13.2 Å². The molecule has 0 saturated heterocycles. The number of phosphoric acid groups is 1. The van der Waals surface area contributed by atoms with Crippen LogP contribution in [0.5, 0.6) is 0 Å². The Morgan fingerprint density at radius 3 is 2.30 bits per heavy atom. The first kappa shape index (κ1) is 10.0. The Hall–Kier alpha value is 0.0300. The Kier molecular flexibility index (Phi) is 4.04. The van der Waals surface area contributed by atoms with Gasteiger partial charge in [0.2, 0.25) is 0 Å². The molecule has 0 aromatic heterocycles. The predicted molar refractivity (Wildman–Crippen MR) is 29.6 cm³/mol. The molecule has 0 aliphatic rings. The molecule has 0 bridgehead atoms. The quantitative estimate of drug-likeness (QED) is 0.464. The van der Waals surface area contributed by atoms with E-state index in [1.807, 2.05) is 0 Å². The van der Waals surface area contributed by atoms with Gasteiger partial charge in [0.15, 0.2) is 0 Å². The highest BCUT2D eigenvalue weighted by Gasteiger charge is 2.16. The van der Waals surface area contributed by atoms with Crippen LogP contribution in [0.25, 0.3) is 0 Å². The van der Waals surface area contributed by atoms with E-state index in [2.05, 4.69) is 4.52 Å². The minimum Gasteiger partial charge on any atom is -0.388 e. The van der Waals surface area contributed by atoms with Crippen LogP contribution in [0.1, 0.15) is 0 Å². The summed E-state index contributed by atoms with van der Waals surface area (Å²) < 4.78 is 13.7. The molecule has 10 heavy (non-hydrogen) atoms. The Labute approximate surface area is 57.3 Å². The van der Waals surface area contributed by atoms with Crippen molar-refractivity contribution in [1.29, 1.82) is 0 Å². The SMILES string of the molecule is [O]CC(O)COP(=O)(O)O. The second-order valence-electron chi connectivity index (χ2n) is 1.61. The van der Waals surface area contributed by atoms with Gasteiger partial charge < -0.3 is 14.9 Å². The van der Waals surface area contributed by atoms with E-state index in [1.165, 1.54) is 0 Å². The number of aliphatic hydroxyl groups excluding tert-OH is 1. The summed E-state index contributed by atoms with van der Waals surface area (Å²) in [6.07, 6.45) is -1.35. The molecule has 0 aromatic rings. The third kappa shape index (κ3) is 6.15. The summed E-state index contributed by atoms with van der Waals surface area (Å²) in [6, 6.07) is 0. The van der Waals surface area contributed by atoms with Crippen LogP contribution in [0.15, 0.2) is 0 Å². The van der Waals surface area contributed by atoms with E-state index in [1.54, 1.807) is 0 Å². The molecule has 6 nitrogen and oxygen atoms in total. The lowest BCUT2D eigenvalue weighted by Gasteiger charge is -2.07. The van der Waals surface area contributed by atoms with Crippen molar-refractivity contribution < 1.29 is 29.1 Å². The zero-order valence-electron chi connectivity index (χ0n) is 5.01. The summed E-state index contributed by atoms with van der Waals surface area (Å²) in [5.74, 6) is 0. The van der Waals surface area contributed by atoms with Gasteiger partial charge in [0, 0.05) is 0 Å². The van der Waals surface area contributed by atoms with Crippen molar-refractivity contribution >= 4 is 7.82 Å². The molecule has 7 heteroatoms. The van der Waals surface area contributed by atoms with Crippen LogP contribution in [0, 0.1) is 0 Å². The molecule has 1 unspecified atom stereocenters. The molecule has 0 heterocycles. The van der Waals surface area contributed by atoms with Gasteiger partial charge in [-0.1, -0.05) is 0 Å². The maximum Gasteiger partial charge on any atom is 0.469 e. The Morgan fingerprint density at radius 1 is 1.50 bits per heavy atom. The third-order valence-corrected chi connectivity index (χ3v) is 1.11. The normalized spacial score (nSPS) is 15.2. The molecule has 0 fully saturated rings. The Morgan fingerprint density at radius 2 is 2.00 bits per heavy atom. The lowest BCUT2D eigenvalue weighted by atomic mass is 10.4. The molecule has 0 aliphatic carbocycles. The summed E-state index contributed by atoms with van der Waals surface area (Å²) in [5.41, 5.74) is 0. The fourth-order valence-electron chi connectivity index (χ4n) is 0.231. The number of phosphoric ester groups is 1. The topological polar surface area (TPSA) is 107 Å². The lowest BCUT2D eigenvalue weighted by molar-refractivity contribution is 0.0166. The van der Waals surface area contributed by atoms with E-state index < -0.39 is 27.1 Å². The summed E-state index contributed by atoms with van der Waals surface area (Å²) in [7, 11) is -4.53. The summed E-state index contributed by atoms with van der Waals surface area (Å²) in [6.45, 7) is -1.46. The highest BCUT2D eigenvalue weighted by Crippen LogP contribution is 2.35. The van der Waals surface area contributed by atoms with Crippen LogP contribution in [0.2, 0.25) is 0 Å². The van der Waals surface area contributed by atoms with Crippen LogP contribution < -0.4 is 0 Å². The first-order chi connectivity index (χ1) is 4.45. The van der Waals surface area contributed by atoms with Gasteiger partial charge >= 0.3 is 7.82 Å². The molecule has 0 rings (SSSR count). The van der Waals surface area contributed by atoms with Gasteiger partial charge in [-0.3, -0.25) is 4.52 Å². The Bertz CT molecular complexity index is 129. The van der Waals surface area contributed by atoms with E-state index >= 15 is 0 Å². The fourth-order valence-corrected chi connectivity index (χ4v) is 0.598. The van der Waals surface area contributed by atoms with E-state index in [4.69, 9.17) is 14.9 Å². The second-order valence-corrected chi connectivity index (χ2v) is 2.85. The molecule has 0 amide bonds. The molecule has 0 aromatic carbocycles. The zero-order chi connectivity index (χ0) is 8.20. The standard InChI is InChI=1S/C3H8O6P/c4-1-3(5)2-9-10(6,7)8/h3,5H,1-2H2,(H2,6,7,8). The predicted octanol–water partition coefficient (Wildman–Crippen LogP) is -1.11. The number of aliphatic hydroxyl groups is 1. The average Bonchev–Trinajstić information content (AvgIpc) is 1.81. The zero-order valence-corrected chi connectivity index (χ0v) is 5.90. The molecule has 0 saturated carbocycles. The number of hydrogen-bond donors (Lipinski definition) is 3. The van der Waals surface area contributed by atoms with Gasteiger partial charge in [0.1, 0.15) is 12.7 Å². The minimum absolute atomic E-state index is 0.631. The summed E-state index contributed by atoms with van der Waals surface area (Å²) in [4.78, 5) is 16.1. The molecule has 0 aliphatic heterocycles. The van der Waals surface area contributed by atoms with Crippen LogP contribution >= 0.6 is 7.82 Å². The van der Waals surface area contributed by atoms with Gasteiger partial charge in [0.25, 0.3) is 0 Å². The van der Waals surface area contributed by atoms with Crippen molar-refractivity contribution in [3.63, 3.8) is 0 Å². The number of rotatable bonds is 4. The minimum atomic E-state index is -4.53. The van der Waals surface area contributed by atoms with Gasteiger partial charge in [-0.25, -0.2) is 9.67 Å². The molecule has 3 N–H and O–H groups in total. The van der Waals surface area contributed by atoms with Crippen LogP contribution in [-0.4, -0.2) is 34.2 Å². The largest absolute Gasteiger partial charge is 0.469 e. The third-order valence-electron chi connectivity index (χ3n) is 0.627. The van der Waals surface area contributed by atoms with Crippen molar-refractivity contribution in [2.24, 2.45) is 0 Å². The van der Waals surface area contributed by atoms with E-state index in [-0.39, 0.29) is 0 Å². The summed E-state index contributed by atoms with van der Waals surface area (Å²) in [5, 5.41) is 18.2. The molecular formula is C3H8O6P. The lowest BCUT2D eigenvalue weighted by Crippen LogP contribution is -2.17. The molecule has 1 atom stereocenters. The van der Waals surface area contributed by atoms with E-state index in [0.29, 0.717) is 0 Å². The monoisotopic (exact) mass is 171 g/mol. The van der Waals surface area contributed by atoms with Crippen LogP contribution in [0.4, 0.5) is 0 Å². The maximum absolute atomic E-state index is 9.91. The van der Waals surface area contributed by atoms with Gasteiger partial charge in [-0.05, 0) is 0 Å². The van der Waals surface area contributed by atoms with E-state index in [0.717, 1.165) is 0 Å². The van der Waals surface area contributed by atoms with Crippen molar-refractivity contribution in [3.8, 4) is 0 Å². The Balaban J connectivity index is 3.46. The second kappa shape index (κ2) is 4.02. The molecule has 1 radical (unpaired) electrons. The first-order valence-corrected chi connectivity index (χ1v) is 3.95. The highest BCUT2D eigenvalue weighted by molar-refractivity contribution is 7.46. The number of hydrogen-bond acceptors (Lipinski definition) is 3. The fraction of sp³-hybridized carbons (Fsp3) is 1.00. The van der Waals surface area contributed by atoms with Gasteiger partial charge in [0.05, 0.1) is 6.61 Å². The first-order valence-electron chi connectivity index (χ1n) is 2.42. The van der Waals surface area contributed by atoms with Crippen molar-refractivity contribution in [3.05, 3.63) is 0 Å². The smallest absolute Gasteiger partial charge is 0.388 e. The van der Waals surface area contributed by atoms with E-state index in [9.17, 15) is 9.67 Å². The van der Waals surface area contributed by atoms with Crippen LogP contribution in [-0.2, 0) is 14.2 Å². The summed E-state index contributed by atoms with van der Waals surface area (Å²) >= 11 is 0. The molecule has 0 spiro atoms. The molecular weight excluding hydrogens is 163 g/mol. The van der Waals surface area contributed by atoms with Crippen LogP contribution in [0.3, 0.4) is 0 Å². The van der Waals surface area contributed by atoms with Gasteiger partial charge in [-0.15, -0.1) is 0 Å². The maximum atomic E-state index is 9.91. The van der Waals surface area contributed by atoms with Crippen molar-refractivity contribution in [1.82, 2.24) is 0 Å². The van der Waals surface area contributed by atoms with Gasteiger partial charge in [-0.2, -0.15) is 0 Å². The highest BCUT2D eigenvalue weighted by atomic mass is 31.2. The molecule has 61 valence electrons. The average molecular weight is 171 g/mol.